The van der Waals surface area contributed by atoms with Gasteiger partial charge in [-0.15, -0.1) is 10.2 Å². The van der Waals surface area contributed by atoms with Crippen LogP contribution in [0.25, 0.3) is 0 Å². The summed E-state index contributed by atoms with van der Waals surface area (Å²) in [5.74, 6) is 0.299. The van der Waals surface area contributed by atoms with Crippen LogP contribution in [0.2, 0.25) is 0 Å². The van der Waals surface area contributed by atoms with E-state index in [1.165, 1.54) is 11.3 Å². The number of aliphatic hydroxyl groups is 1. The first-order chi connectivity index (χ1) is 7.52. The molecular formula is C9H16N4O2S. The van der Waals surface area contributed by atoms with Crippen molar-refractivity contribution in [3.05, 3.63) is 5.01 Å². The first-order valence-corrected chi connectivity index (χ1v) is 5.86. The molecule has 6 nitrogen and oxygen atoms in total. The first-order valence-electron chi connectivity index (χ1n) is 5.04. The summed E-state index contributed by atoms with van der Waals surface area (Å²) < 4.78 is 0. The summed E-state index contributed by atoms with van der Waals surface area (Å²) in [6.07, 6.45) is 0. The fourth-order valence-corrected chi connectivity index (χ4v) is 1.66. The minimum absolute atomic E-state index is 0.0964. The maximum Gasteiger partial charge on any atom is 0.321 e. The largest absolute Gasteiger partial charge is 0.394 e. The summed E-state index contributed by atoms with van der Waals surface area (Å²) in [4.78, 5) is 11.4. The van der Waals surface area contributed by atoms with Crippen LogP contribution in [0.3, 0.4) is 0 Å². The molecule has 0 saturated carbocycles. The van der Waals surface area contributed by atoms with Crippen molar-refractivity contribution in [2.75, 3.05) is 11.9 Å². The lowest BCUT2D eigenvalue weighted by Crippen LogP contribution is -2.38. The molecule has 0 saturated heterocycles. The molecule has 0 fully saturated rings. The van der Waals surface area contributed by atoms with Gasteiger partial charge in [-0.05, 0) is 6.92 Å². The molecule has 7 heteroatoms. The topological polar surface area (TPSA) is 87.1 Å². The standard InChI is InChI=1S/C9H16N4O2S/c1-5(2)7-12-13-9(16-7)11-8(15)10-6(3)4-14/h5-6,14H,4H2,1-3H3,(H2,10,11,13,15)/t6-/m0/s1. The fourth-order valence-electron chi connectivity index (χ4n) is 0.921. The van der Waals surface area contributed by atoms with Gasteiger partial charge in [0.25, 0.3) is 0 Å². The molecule has 0 radical (unpaired) electrons. The zero-order chi connectivity index (χ0) is 12.1. The highest BCUT2D eigenvalue weighted by atomic mass is 32.1. The average molecular weight is 244 g/mol. The van der Waals surface area contributed by atoms with Crippen LogP contribution in [0, 0.1) is 0 Å². The number of aromatic nitrogens is 2. The van der Waals surface area contributed by atoms with Crippen molar-refractivity contribution in [1.82, 2.24) is 15.5 Å². The van der Waals surface area contributed by atoms with Crippen molar-refractivity contribution in [2.24, 2.45) is 0 Å². The normalized spacial score (nSPS) is 12.6. The van der Waals surface area contributed by atoms with Crippen LogP contribution < -0.4 is 10.6 Å². The number of carbonyl (C=O) groups is 1. The third-order valence-electron chi connectivity index (χ3n) is 1.81. The van der Waals surface area contributed by atoms with Gasteiger partial charge in [-0.2, -0.15) is 0 Å². The monoisotopic (exact) mass is 244 g/mol. The molecule has 1 aromatic rings. The predicted molar refractivity (Wildman–Crippen MR) is 62.7 cm³/mol. The number of anilines is 1. The van der Waals surface area contributed by atoms with Crippen LogP contribution in [0.1, 0.15) is 31.7 Å². The Balaban J connectivity index is 2.50. The summed E-state index contributed by atoms with van der Waals surface area (Å²) in [6, 6.07) is -0.662. The Kier molecular flexibility index (Phi) is 4.63. The van der Waals surface area contributed by atoms with Crippen molar-refractivity contribution in [1.29, 1.82) is 0 Å². The van der Waals surface area contributed by atoms with E-state index < -0.39 is 0 Å². The Morgan fingerprint density at radius 1 is 1.44 bits per heavy atom. The molecule has 0 aliphatic carbocycles. The number of rotatable bonds is 4. The van der Waals surface area contributed by atoms with E-state index in [0.29, 0.717) is 11.0 Å². The Morgan fingerprint density at radius 3 is 2.62 bits per heavy atom. The molecule has 1 aromatic heterocycles. The number of hydrogen-bond donors (Lipinski definition) is 3. The summed E-state index contributed by atoms with van der Waals surface area (Å²) in [6.45, 7) is 5.64. The number of nitrogens with zero attached hydrogens (tertiary/aromatic N) is 2. The summed E-state index contributed by atoms with van der Waals surface area (Å²) in [5, 5.41) is 23.0. The van der Waals surface area contributed by atoms with Gasteiger partial charge in [0.1, 0.15) is 5.01 Å². The van der Waals surface area contributed by atoms with E-state index in [-0.39, 0.29) is 18.7 Å². The van der Waals surface area contributed by atoms with E-state index in [9.17, 15) is 4.79 Å². The second-order valence-corrected chi connectivity index (χ2v) is 4.79. The summed E-state index contributed by atoms with van der Waals surface area (Å²) >= 11 is 1.35. The molecule has 2 amide bonds. The molecule has 0 bridgehead atoms. The van der Waals surface area contributed by atoms with E-state index in [4.69, 9.17) is 5.11 Å². The molecule has 0 unspecified atom stereocenters. The van der Waals surface area contributed by atoms with Crippen molar-refractivity contribution < 1.29 is 9.90 Å². The lowest BCUT2D eigenvalue weighted by Gasteiger charge is -2.09. The zero-order valence-electron chi connectivity index (χ0n) is 9.52. The van der Waals surface area contributed by atoms with Gasteiger partial charge < -0.3 is 10.4 Å². The number of hydrogen-bond acceptors (Lipinski definition) is 5. The number of carbonyl (C=O) groups excluding carboxylic acids is 1. The number of amides is 2. The molecule has 3 N–H and O–H groups in total. The van der Waals surface area contributed by atoms with Crippen LogP contribution in [0.4, 0.5) is 9.93 Å². The lowest BCUT2D eigenvalue weighted by molar-refractivity contribution is 0.229. The van der Waals surface area contributed by atoms with Gasteiger partial charge in [-0.25, -0.2) is 4.79 Å². The van der Waals surface area contributed by atoms with Crippen LogP contribution >= 0.6 is 11.3 Å². The van der Waals surface area contributed by atoms with Crippen LogP contribution in [-0.4, -0.2) is 34.0 Å². The van der Waals surface area contributed by atoms with E-state index in [2.05, 4.69) is 20.8 Å². The quantitative estimate of drug-likeness (QED) is 0.741. The smallest absolute Gasteiger partial charge is 0.321 e. The van der Waals surface area contributed by atoms with Crippen LogP contribution in [-0.2, 0) is 0 Å². The number of urea groups is 1. The fraction of sp³-hybridized carbons (Fsp3) is 0.667. The maximum absolute atomic E-state index is 11.4. The van der Waals surface area contributed by atoms with Crippen LogP contribution in [0.5, 0.6) is 0 Å². The predicted octanol–water partition coefficient (Wildman–Crippen LogP) is 1.16. The summed E-state index contributed by atoms with van der Waals surface area (Å²) in [5.41, 5.74) is 0. The van der Waals surface area contributed by atoms with E-state index >= 15 is 0 Å². The molecule has 1 atom stereocenters. The van der Waals surface area contributed by atoms with Gasteiger partial charge in [0.15, 0.2) is 0 Å². The molecule has 1 heterocycles. The molecular weight excluding hydrogens is 228 g/mol. The highest BCUT2D eigenvalue weighted by Crippen LogP contribution is 2.22. The minimum atomic E-state index is -0.381. The first kappa shape index (κ1) is 12.9. The second-order valence-electron chi connectivity index (χ2n) is 3.78. The van der Waals surface area contributed by atoms with E-state index in [1.54, 1.807) is 6.92 Å². The van der Waals surface area contributed by atoms with Gasteiger partial charge in [-0.1, -0.05) is 25.2 Å². The third kappa shape index (κ3) is 3.74. The molecule has 1 rings (SSSR count). The number of aliphatic hydroxyl groups excluding tert-OH is 1. The molecule has 0 spiro atoms. The minimum Gasteiger partial charge on any atom is -0.394 e. The van der Waals surface area contributed by atoms with Crippen LogP contribution in [0.15, 0.2) is 0 Å². The maximum atomic E-state index is 11.4. The molecule has 90 valence electrons. The van der Waals surface area contributed by atoms with Crippen molar-refractivity contribution >= 4 is 22.5 Å². The lowest BCUT2D eigenvalue weighted by atomic mass is 10.2. The average Bonchev–Trinajstić information content (AvgIpc) is 2.65. The van der Waals surface area contributed by atoms with Gasteiger partial charge in [-0.3, -0.25) is 5.32 Å². The molecule has 0 aliphatic rings. The molecule has 0 aromatic carbocycles. The van der Waals surface area contributed by atoms with Crippen molar-refractivity contribution in [2.45, 2.75) is 32.7 Å². The Labute approximate surface area is 98.1 Å². The van der Waals surface area contributed by atoms with Gasteiger partial charge in [0.2, 0.25) is 5.13 Å². The highest BCUT2D eigenvalue weighted by Gasteiger charge is 2.11. The summed E-state index contributed by atoms with van der Waals surface area (Å²) in [7, 11) is 0. The van der Waals surface area contributed by atoms with Crippen molar-refractivity contribution in [3.8, 4) is 0 Å². The SMILES string of the molecule is CC(C)c1nnc(NC(=O)N[C@@H](C)CO)s1. The van der Waals surface area contributed by atoms with E-state index in [1.807, 2.05) is 13.8 Å². The number of nitrogens with one attached hydrogen (secondary N) is 2. The third-order valence-corrected chi connectivity index (χ3v) is 2.95. The van der Waals surface area contributed by atoms with Gasteiger partial charge in [0, 0.05) is 5.92 Å². The molecule has 16 heavy (non-hydrogen) atoms. The zero-order valence-corrected chi connectivity index (χ0v) is 10.3. The second kappa shape index (κ2) is 5.76. The highest BCUT2D eigenvalue weighted by molar-refractivity contribution is 7.15. The Bertz CT molecular complexity index is 353. The van der Waals surface area contributed by atoms with Gasteiger partial charge in [0.05, 0.1) is 12.6 Å². The molecule has 0 aliphatic heterocycles. The van der Waals surface area contributed by atoms with E-state index in [0.717, 1.165) is 5.01 Å². The Morgan fingerprint density at radius 2 is 2.12 bits per heavy atom. The van der Waals surface area contributed by atoms with Gasteiger partial charge >= 0.3 is 6.03 Å². The van der Waals surface area contributed by atoms with Crippen molar-refractivity contribution in [3.63, 3.8) is 0 Å². The Hall–Kier alpha value is -1.21.